The van der Waals surface area contributed by atoms with E-state index in [2.05, 4.69) is 22.8 Å². The third kappa shape index (κ3) is 3.89. The number of hydrogen-bond acceptors (Lipinski definition) is 1. The van der Waals surface area contributed by atoms with E-state index in [1.807, 2.05) is 18.2 Å². The van der Waals surface area contributed by atoms with E-state index in [0.717, 1.165) is 12.8 Å². The van der Waals surface area contributed by atoms with Gasteiger partial charge in [0.1, 0.15) is 5.82 Å². The maximum absolute atomic E-state index is 13.5. The summed E-state index contributed by atoms with van der Waals surface area (Å²) < 4.78 is 13.5. The van der Waals surface area contributed by atoms with E-state index >= 15 is 0 Å². The van der Waals surface area contributed by atoms with Crippen molar-refractivity contribution in [2.24, 2.45) is 0 Å². The van der Waals surface area contributed by atoms with Crippen LogP contribution in [0.25, 0.3) is 0 Å². The van der Waals surface area contributed by atoms with Gasteiger partial charge in [0.05, 0.1) is 0 Å². The summed E-state index contributed by atoms with van der Waals surface area (Å²) in [6.07, 6.45) is 2.70. The Kier molecular flexibility index (Phi) is 4.60. The minimum Gasteiger partial charge on any atom is -0.338 e. The van der Waals surface area contributed by atoms with Crippen molar-refractivity contribution in [3.63, 3.8) is 0 Å². The minimum atomic E-state index is -0.226. The first-order valence-electron chi connectivity index (χ1n) is 8.00. The SMILES string of the molecule is O=C(NCCc1ccccc1F)NCC1(c2ccccc2)CC1. The van der Waals surface area contributed by atoms with Crippen molar-refractivity contribution >= 4 is 6.03 Å². The predicted molar refractivity (Wildman–Crippen MR) is 88.9 cm³/mol. The Morgan fingerprint density at radius 3 is 2.39 bits per heavy atom. The van der Waals surface area contributed by atoms with Gasteiger partial charge in [0.25, 0.3) is 0 Å². The third-order valence-corrected chi connectivity index (χ3v) is 4.46. The molecule has 2 aromatic carbocycles. The van der Waals surface area contributed by atoms with Crippen LogP contribution in [0.1, 0.15) is 24.0 Å². The predicted octanol–water partition coefficient (Wildman–Crippen LogP) is 3.40. The fraction of sp³-hybridized carbons (Fsp3) is 0.316. The van der Waals surface area contributed by atoms with E-state index in [-0.39, 0.29) is 17.3 Å². The van der Waals surface area contributed by atoms with E-state index in [0.29, 0.717) is 25.1 Å². The van der Waals surface area contributed by atoms with Crippen LogP contribution in [0.4, 0.5) is 9.18 Å². The molecule has 0 saturated heterocycles. The van der Waals surface area contributed by atoms with Gasteiger partial charge in [0.15, 0.2) is 0 Å². The Balaban J connectivity index is 1.43. The number of carbonyl (C=O) groups excluding carboxylic acids is 1. The molecule has 3 rings (SSSR count). The number of halogens is 1. The second kappa shape index (κ2) is 6.82. The van der Waals surface area contributed by atoms with Crippen LogP contribution in [0.2, 0.25) is 0 Å². The summed E-state index contributed by atoms with van der Waals surface area (Å²) in [7, 11) is 0. The van der Waals surface area contributed by atoms with Gasteiger partial charge >= 0.3 is 6.03 Å². The number of benzene rings is 2. The Morgan fingerprint density at radius 2 is 1.70 bits per heavy atom. The molecule has 0 heterocycles. The lowest BCUT2D eigenvalue weighted by atomic mass is 9.96. The fourth-order valence-electron chi connectivity index (χ4n) is 2.83. The molecule has 4 heteroatoms. The van der Waals surface area contributed by atoms with Crippen LogP contribution in [-0.2, 0) is 11.8 Å². The first-order chi connectivity index (χ1) is 11.2. The van der Waals surface area contributed by atoms with Gasteiger partial charge in [-0.25, -0.2) is 9.18 Å². The molecule has 2 N–H and O–H groups in total. The molecule has 3 nitrogen and oxygen atoms in total. The maximum Gasteiger partial charge on any atom is 0.314 e. The molecule has 0 radical (unpaired) electrons. The van der Waals surface area contributed by atoms with Gasteiger partial charge in [0.2, 0.25) is 0 Å². The summed E-state index contributed by atoms with van der Waals surface area (Å²) in [4.78, 5) is 11.9. The number of rotatable bonds is 6. The Hall–Kier alpha value is -2.36. The van der Waals surface area contributed by atoms with Crippen molar-refractivity contribution in [1.29, 1.82) is 0 Å². The standard InChI is InChI=1S/C19H21FN2O/c20-17-9-5-4-6-15(17)10-13-21-18(23)22-14-19(11-12-19)16-7-2-1-3-8-16/h1-9H,10-14H2,(H2,21,22,23). The van der Waals surface area contributed by atoms with Gasteiger partial charge in [0, 0.05) is 18.5 Å². The Bertz CT molecular complexity index is 668. The normalized spacial score (nSPS) is 15.0. The highest BCUT2D eigenvalue weighted by Gasteiger charge is 2.44. The quantitative estimate of drug-likeness (QED) is 0.843. The van der Waals surface area contributed by atoms with Crippen molar-refractivity contribution < 1.29 is 9.18 Å². The molecular weight excluding hydrogens is 291 g/mol. The summed E-state index contributed by atoms with van der Waals surface area (Å²) in [6.45, 7) is 1.06. The van der Waals surface area contributed by atoms with Gasteiger partial charge in [-0.3, -0.25) is 0 Å². The van der Waals surface area contributed by atoms with E-state index in [1.54, 1.807) is 18.2 Å². The van der Waals surface area contributed by atoms with Crippen molar-refractivity contribution in [1.82, 2.24) is 10.6 Å². The molecule has 1 aliphatic carbocycles. The average Bonchev–Trinajstić information content (AvgIpc) is 3.37. The maximum atomic E-state index is 13.5. The Morgan fingerprint density at radius 1 is 1.00 bits per heavy atom. The lowest BCUT2D eigenvalue weighted by molar-refractivity contribution is 0.240. The van der Waals surface area contributed by atoms with E-state index in [9.17, 15) is 9.18 Å². The summed E-state index contributed by atoms with van der Waals surface area (Å²) in [5.74, 6) is -0.226. The molecule has 0 bridgehead atoms. The van der Waals surface area contributed by atoms with E-state index in [4.69, 9.17) is 0 Å². The minimum absolute atomic E-state index is 0.101. The van der Waals surface area contributed by atoms with Gasteiger partial charge < -0.3 is 10.6 Å². The van der Waals surface area contributed by atoms with Crippen LogP contribution in [0.15, 0.2) is 54.6 Å². The second-order valence-electron chi connectivity index (χ2n) is 6.10. The van der Waals surface area contributed by atoms with Gasteiger partial charge in [-0.2, -0.15) is 0 Å². The van der Waals surface area contributed by atoms with Crippen molar-refractivity contribution in [3.8, 4) is 0 Å². The van der Waals surface area contributed by atoms with Crippen LogP contribution in [-0.4, -0.2) is 19.1 Å². The molecule has 1 saturated carbocycles. The van der Waals surface area contributed by atoms with Crippen LogP contribution in [0, 0.1) is 5.82 Å². The molecule has 1 fully saturated rings. The molecule has 0 spiro atoms. The highest BCUT2D eigenvalue weighted by molar-refractivity contribution is 5.74. The summed E-state index contributed by atoms with van der Waals surface area (Å²) in [6, 6.07) is 16.7. The number of carbonyl (C=O) groups is 1. The van der Waals surface area contributed by atoms with Gasteiger partial charge in [-0.15, -0.1) is 0 Å². The summed E-state index contributed by atoms with van der Waals surface area (Å²) >= 11 is 0. The van der Waals surface area contributed by atoms with Crippen LogP contribution >= 0.6 is 0 Å². The highest BCUT2D eigenvalue weighted by atomic mass is 19.1. The molecule has 2 aromatic rings. The molecular formula is C19H21FN2O. The van der Waals surface area contributed by atoms with Crippen LogP contribution < -0.4 is 10.6 Å². The smallest absolute Gasteiger partial charge is 0.314 e. The zero-order valence-corrected chi connectivity index (χ0v) is 13.0. The molecule has 23 heavy (non-hydrogen) atoms. The highest BCUT2D eigenvalue weighted by Crippen LogP contribution is 2.47. The average molecular weight is 312 g/mol. The fourth-order valence-corrected chi connectivity index (χ4v) is 2.83. The third-order valence-electron chi connectivity index (χ3n) is 4.46. The molecule has 0 aromatic heterocycles. The lowest BCUT2D eigenvalue weighted by Crippen LogP contribution is -2.40. The van der Waals surface area contributed by atoms with E-state index < -0.39 is 0 Å². The number of amides is 2. The number of urea groups is 1. The molecule has 1 aliphatic rings. The zero-order valence-electron chi connectivity index (χ0n) is 13.0. The van der Waals surface area contributed by atoms with Crippen LogP contribution in [0.3, 0.4) is 0 Å². The molecule has 120 valence electrons. The zero-order chi connectivity index (χ0) is 16.1. The number of hydrogen-bond donors (Lipinski definition) is 2. The lowest BCUT2D eigenvalue weighted by Gasteiger charge is -2.17. The topological polar surface area (TPSA) is 41.1 Å². The molecule has 0 atom stereocenters. The van der Waals surface area contributed by atoms with Gasteiger partial charge in [-0.1, -0.05) is 48.5 Å². The van der Waals surface area contributed by atoms with E-state index in [1.165, 1.54) is 11.6 Å². The largest absolute Gasteiger partial charge is 0.338 e. The van der Waals surface area contributed by atoms with Crippen molar-refractivity contribution in [3.05, 3.63) is 71.5 Å². The first kappa shape index (κ1) is 15.5. The van der Waals surface area contributed by atoms with Gasteiger partial charge in [-0.05, 0) is 36.5 Å². The van der Waals surface area contributed by atoms with Crippen LogP contribution in [0.5, 0.6) is 0 Å². The molecule has 2 amide bonds. The number of nitrogens with one attached hydrogen (secondary N) is 2. The molecule has 0 unspecified atom stereocenters. The van der Waals surface area contributed by atoms with Crippen molar-refractivity contribution in [2.45, 2.75) is 24.7 Å². The summed E-state index contributed by atoms with van der Waals surface area (Å²) in [5, 5.41) is 5.73. The Labute approximate surface area is 135 Å². The summed E-state index contributed by atoms with van der Waals surface area (Å²) in [5.41, 5.74) is 2.01. The monoisotopic (exact) mass is 312 g/mol. The molecule has 0 aliphatic heterocycles. The second-order valence-corrected chi connectivity index (χ2v) is 6.10. The first-order valence-corrected chi connectivity index (χ1v) is 8.00. The van der Waals surface area contributed by atoms with Crippen molar-refractivity contribution in [2.75, 3.05) is 13.1 Å².